The quantitative estimate of drug-likeness (QED) is 0.136. The van der Waals surface area contributed by atoms with Gasteiger partial charge >= 0.3 is 0 Å². The summed E-state index contributed by atoms with van der Waals surface area (Å²) in [6.07, 6.45) is 3.91. The van der Waals surface area contributed by atoms with Gasteiger partial charge in [0.05, 0.1) is 15.2 Å². The van der Waals surface area contributed by atoms with Gasteiger partial charge in [-0.2, -0.15) is 20.1 Å². The van der Waals surface area contributed by atoms with Crippen molar-refractivity contribution in [1.29, 1.82) is 0 Å². The zero-order valence-electron chi connectivity index (χ0n) is 20.5. The van der Waals surface area contributed by atoms with Crippen molar-refractivity contribution < 1.29 is 4.74 Å². The van der Waals surface area contributed by atoms with Gasteiger partial charge in [-0.3, -0.25) is 0 Å². The van der Waals surface area contributed by atoms with E-state index in [4.69, 9.17) is 27.9 Å². The summed E-state index contributed by atoms with van der Waals surface area (Å²) in [6.45, 7) is 2.12. The smallest absolute Gasteiger partial charge is 0.250 e. The first-order valence-electron chi connectivity index (χ1n) is 12.1. The Kier molecular flexibility index (Phi) is 9.18. The van der Waals surface area contributed by atoms with E-state index in [0.29, 0.717) is 40.2 Å². The number of benzene rings is 3. The molecule has 200 valence electrons. The molecule has 1 aromatic heterocycles. The third-order valence-electron chi connectivity index (χ3n) is 5.83. The Morgan fingerprint density at radius 3 is 2.36 bits per heavy atom. The molecule has 0 atom stereocenters. The summed E-state index contributed by atoms with van der Waals surface area (Å²) >= 11 is 19.4. The topological polar surface area (TPSA) is 87.6 Å². The molecule has 8 nitrogen and oxygen atoms in total. The van der Waals surface area contributed by atoms with Crippen LogP contribution in [-0.4, -0.2) is 34.3 Å². The summed E-state index contributed by atoms with van der Waals surface area (Å²) in [4.78, 5) is 15.9. The van der Waals surface area contributed by atoms with E-state index in [9.17, 15) is 0 Å². The molecular weight excluding hydrogens is 669 g/mol. The van der Waals surface area contributed by atoms with Gasteiger partial charge in [-0.25, -0.2) is 5.43 Å². The first kappa shape index (κ1) is 27.6. The second kappa shape index (κ2) is 13.0. The SMILES string of the molecule is Clc1ccc(COc2c(Br)cc(C=NNc3nc(Nc4ccccc4)nc(N4CCCC4)n3)cc2Br)c(Cl)c1. The maximum atomic E-state index is 6.27. The van der Waals surface area contributed by atoms with Crippen LogP contribution in [0.1, 0.15) is 24.0 Å². The van der Waals surface area contributed by atoms with E-state index in [-0.39, 0.29) is 0 Å². The van der Waals surface area contributed by atoms with Gasteiger partial charge in [0.1, 0.15) is 12.4 Å². The van der Waals surface area contributed by atoms with Gasteiger partial charge in [0.25, 0.3) is 0 Å². The number of anilines is 4. The number of hydrazone groups is 1. The summed E-state index contributed by atoms with van der Waals surface area (Å²) < 4.78 is 7.52. The maximum absolute atomic E-state index is 6.27. The molecule has 0 aliphatic carbocycles. The predicted octanol–water partition coefficient (Wildman–Crippen LogP) is 8.07. The van der Waals surface area contributed by atoms with Crippen LogP contribution in [0.2, 0.25) is 10.0 Å². The molecule has 0 amide bonds. The van der Waals surface area contributed by atoms with Gasteiger partial charge in [0.15, 0.2) is 0 Å². The highest BCUT2D eigenvalue weighted by atomic mass is 79.9. The van der Waals surface area contributed by atoms with Gasteiger partial charge in [-0.15, -0.1) is 0 Å². The van der Waals surface area contributed by atoms with E-state index in [1.165, 1.54) is 0 Å². The highest BCUT2D eigenvalue weighted by Gasteiger charge is 2.17. The highest BCUT2D eigenvalue weighted by molar-refractivity contribution is 9.11. The van der Waals surface area contributed by atoms with Crippen LogP contribution >= 0.6 is 55.1 Å². The standard InChI is InChI=1S/C27H23Br2Cl2N7O/c28-21-12-17(13-22(29)24(21)39-16-18-8-9-19(30)14-23(18)31)15-32-37-26-34-25(33-20-6-2-1-3-7-20)35-27(36-26)38-10-4-5-11-38/h1-3,6-9,12-15H,4-5,10-11,16H2,(H2,33,34,35,36,37). The number of rotatable bonds is 9. The number of nitrogens with zero attached hydrogens (tertiary/aromatic N) is 5. The van der Waals surface area contributed by atoms with Crippen LogP contribution < -0.4 is 20.4 Å². The number of ether oxygens (including phenoxy) is 1. The molecule has 1 aliphatic heterocycles. The van der Waals surface area contributed by atoms with E-state index >= 15 is 0 Å². The lowest BCUT2D eigenvalue weighted by atomic mass is 10.2. The van der Waals surface area contributed by atoms with Crippen LogP contribution in [0, 0.1) is 0 Å². The molecule has 3 aromatic carbocycles. The highest BCUT2D eigenvalue weighted by Crippen LogP contribution is 2.35. The van der Waals surface area contributed by atoms with Gasteiger partial charge in [0.2, 0.25) is 17.8 Å². The minimum atomic E-state index is 0.292. The normalized spacial score (nSPS) is 13.2. The third kappa shape index (κ3) is 7.39. The lowest BCUT2D eigenvalue weighted by molar-refractivity contribution is 0.302. The maximum Gasteiger partial charge on any atom is 0.250 e. The second-order valence-electron chi connectivity index (χ2n) is 8.68. The van der Waals surface area contributed by atoms with Crippen molar-refractivity contribution in [2.75, 3.05) is 28.7 Å². The van der Waals surface area contributed by atoms with E-state index in [0.717, 1.165) is 51.7 Å². The van der Waals surface area contributed by atoms with Crippen molar-refractivity contribution in [3.63, 3.8) is 0 Å². The van der Waals surface area contributed by atoms with Crippen LogP contribution in [0.15, 0.2) is 74.7 Å². The zero-order valence-corrected chi connectivity index (χ0v) is 25.2. The number of nitrogens with one attached hydrogen (secondary N) is 2. The fourth-order valence-corrected chi connectivity index (χ4v) is 5.84. The molecule has 0 spiro atoms. The van der Waals surface area contributed by atoms with Crippen LogP contribution in [0.5, 0.6) is 5.75 Å². The number of hydrogen-bond donors (Lipinski definition) is 2. The Balaban J connectivity index is 1.29. The molecular formula is C27H23Br2Cl2N7O. The molecule has 0 bridgehead atoms. The Bertz CT molecular complexity index is 1460. The average molecular weight is 692 g/mol. The monoisotopic (exact) mass is 689 g/mol. The Hall–Kier alpha value is -2.92. The minimum Gasteiger partial charge on any atom is -0.486 e. The summed E-state index contributed by atoms with van der Waals surface area (Å²) in [5.74, 6) is 2.06. The first-order chi connectivity index (χ1) is 18.9. The van der Waals surface area contributed by atoms with Crippen molar-refractivity contribution in [3.8, 4) is 5.75 Å². The Morgan fingerprint density at radius 1 is 0.923 bits per heavy atom. The van der Waals surface area contributed by atoms with Gasteiger partial charge in [0, 0.05) is 34.4 Å². The number of para-hydroxylation sites is 1. The van der Waals surface area contributed by atoms with Crippen molar-refractivity contribution in [2.45, 2.75) is 19.4 Å². The van der Waals surface area contributed by atoms with Crippen LogP contribution in [0.4, 0.5) is 23.5 Å². The van der Waals surface area contributed by atoms with E-state index in [2.05, 4.69) is 67.6 Å². The van der Waals surface area contributed by atoms with Gasteiger partial charge in [-0.1, -0.05) is 47.5 Å². The van der Waals surface area contributed by atoms with Crippen molar-refractivity contribution in [2.24, 2.45) is 5.10 Å². The predicted molar refractivity (Wildman–Crippen MR) is 165 cm³/mol. The molecule has 1 aliphatic rings. The largest absolute Gasteiger partial charge is 0.486 e. The van der Waals surface area contributed by atoms with E-state index < -0.39 is 0 Å². The number of halogens is 4. The van der Waals surface area contributed by atoms with Gasteiger partial charge < -0.3 is 15.0 Å². The molecule has 1 saturated heterocycles. The number of hydrogen-bond acceptors (Lipinski definition) is 8. The summed E-state index contributed by atoms with van der Waals surface area (Å²) in [7, 11) is 0. The molecule has 12 heteroatoms. The molecule has 39 heavy (non-hydrogen) atoms. The van der Waals surface area contributed by atoms with Crippen molar-refractivity contribution in [3.05, 3.63) is 90.8 Å². The molecule has 0 radical (unpaired) electrons. The first-order valence-corrected chi connectivity index (χ1v) is 14.5. The molecule has 5 rings (SSSR count). The molecule has 4 aromatic rings. The second-order valence-corrected chi connectivity index (χ2v) is 11.2. The fraction of sp³-hybridized carbons (Fsp3) is 0.185. The van der Waals surface area contributed by atoms with E-state index in [1.54, 1.807) is 18.3 Å². The minimum absolute atomic E-state index is 0.292. The van der Waals surface area contributed by atoms with Crippen molar-refractivity contribution in [1.82, 2.24) is 15.0 Å². The average Bonchev–Trinajstić information content (AvgIpc) is 3.45. The lowest BCUT2D eigenvalue weighted by Gasteiger charge is -2.16. The fourth-order valence-electron chi connectivity index (χ4n) is 3.92. The van der Waals surface area contributed by atoms with E-state index in [1.807, 2.05) is 48.5 Å². The van der Waals surface area contributed by atoms with Crippen LogP contribution in [0.25, 0.3) is 0 Å². The third-order valence-corrected chi connectivity index (χ3v) is 7.59. The Labute approximate surface area is 253 Å². The molecule has 2 N–H and O–H groups in total. The number of aromatic nitrogens is 3. The molecule has 0 saturated carbocycles. The van der Waals surface area contributed by atoms with Gasteiger partial charge in [-0.05, 0) is 86.7 Å². The molecule has 0 unspecified atom stereocenters. The van der Waals surface area contributed by atoms with Crippen LogP contribution in [-0.2, 0) is 6.61 Å². The summed E-state index contributed by atoms with van der Waals surface area (Å²) in [5.41, 5.74) is 5.50. The zero-order chi connectivity index (χ0) is 27.2. The molecule has 2 heterocycles. The van der Waals surface area contributed by atoms with Crippen molar-refractivity contribution >= 4 is 84.8 Å². The molecule has 1 fully saturated rings. The lowest BCUT2D eigenvalue weighted by Crippen LogP contribution is -2.21. The summed E-state index contributed by atoms with van der Waals surface area (Å²) in [6, 6.07) is 18.9. The Morgan fingerprint density at radius 2 is 1.64 bits per heavy atom. The van der Waals surface area contributed by atoms with Crippen LogP contribution in [0.3, 0.4) is 0 Å². The summed E-state index contributed by atoms with van der Waals surface area (Å²) in [5, 5.41) is 8.75.